The van der Waals surface area contributed by atoms with Gasteiger partial charge in [0, 0.05) is 5.69 Å². The van der Waals surface area contributed by atoms with Crippen molar-refractivity contribution >= 4 is 29.2 Å². The number of benzene rings is 2. The van der Waals surface area contributed by atoms with Crippen molar-refractivity contribution in [3.63, 3.8) is 0 Å². The van der Waals surface area contributed by atoms with Gasteiger partial charge in [0.2, 0.25) is 6.79 Å². The Bertz CT molecular complexity index is 855. The summed E-state index contributed by atoms with van der Waals surface area (Å²) in [4.78, 5) is 23.9. The number of hydrogen-bond donors (Lipinski definition) is 1. The smallest absolute Gasteiger partial charge is 0.338 e. The molecule has 0 bridgehead atoms. The normalized spacial score (nSPS) is 12.0. The summed E-state index contributed by atoms with van der Waals surface area (Å²) in [6, 6.07) is 6.80. The van der Waals surface area contributed by atoms with Crippen LogP contribution in [0.4, 0.5) is 10.1 Å². The van der Waals surface area contributed by atoms with Gasteiger partial charge in [-0.15, -0.1) is 0 Å². The number of halogens is 2. The molecule has 3 rings (SSSR count). The first-order valence-electron chi connectivity index (χ1n) is 7.26. The monoisotopic (exact) mass is 365 g/mol. The fraction of sp³-hybridized carbons (Fsp3) is 0.176. The molecular formula is C17H13ClFNO5. The molecule has 0 saturated heterocycles. The molecule has 0 atom stereocenters. The van der Waals surface area contributed by atoms with Crippen LogP contribution in [-0.4, -0.2) is 25.3 Å². The second-order valence-corrected chi connectivity index (χ2v) is 5.68. The standard InChI is InChI=1S/C17H13ClFNO5/c1-9-2-3-11(19)6-13(9)20-15(21)7-23-17(22)10-4-12(18)16-14(5-10)24-8-25-16/h2-6H,7-8H2,1H3,(H,20,21). The zero-order chi connectivity index (χ0) is 18.0. The van der Waals surface area contributed by atoms with Crippen molar-refractivity contribution in [2.24, 2.45) is 0 Å². The highest BCUT2D eigenvalue weighted by molar-refractivity contribution is 6.32. The van der Waals surface area contributed by atoms with Gasteiger partial charge in [-0.05, 0) is 36.8 Å². The van der Waals surface area contributed by atoms with E-state index in [0.29, 0.717) is 22.7 Å². The molecular weight excluding hydrogens is 353 g/mol. The van der Waals surface area contributed by atoms with Gasteiger partial charge in [-0.3, -0.25) is 4.79 Å². The van der Waals surface area contributed by atoms with Crippen LogP contribution in [0.1, 0.15) is 15.9 Å². The van der Waals surface area contributed by atoms with E-state index < -0.39 is 24.3 Å². The maximum absolute atomic E-state index is 13.2. The van der Waals surface area contributed by atoms with Crippen LogP contribution in [0.25, 0.3) is 0 Å². The molecule has 2 aromatic carbocycles. The lowest BCUT2D eigenvalue weighted by atomic mass is 10.2. The second-order valence-electron chi connectivity index (χ2n) is 5.28. The first-order chi connectivity index (χ1) is 11.9. The van der Waals surface area contributed by atoms with Gasteiger partial charge in [0.15, 0.2) is 18.1 Å². The predicted octanol–water partition coefficient (Wildman–Crippen LogP) is 3.31. The minimum atomic E-state index is -0.744. The summed E-state index contributed by atoms with van der Waals surface area (Å²) >= 11 is 5.99. The van der Waals surface area contributed by atoms with Crippen molar-refractivity contribution in [1.82, 2.24) is 0 Å². The average Bonchev–Trinajstić information content (AvgIpc) is 3.05. The van der Waals surface area contributed by atoms with Crippen LogP contribution >= 0.6 is 11.6 Å². The summed E-state index contributed by atoms with van der Waals surface area (Å²) in [5.74, 6) is -1.12. The van der Waals surface area contributed by atoms with Crippen LogP contribution in [0, 0.1) is 12.7 Å². The van der Waals surface area contributed by atoms with Crippen LogP contribution in [0.2, 0.25) is 5.02 Å². The molecule has 0 radical (unpaired) electrons. The minimum absolute atomic E-state index is 0.0168. The van der Waals surface area contributed by atoms with Crippen LogP contribution < -0.4 is 14.8 Å². The molecule has 0 aliphatic carbocycles. The van der Waals surface area contributed by atoms with Crippen LogP contribution in [0.15, 0.2) is 30.3 Å². The molecule has 0 unspecified atom stereocenters. The van der Waals surface area contributed by atoms with Gasteiger partial charge in [0.25, 0.3) is 5.91 Å². The van der Waals surface area contributed by atoms with Gasteiger partial charge in [0.05, 0.1) is 10.6 Å². The molecule has 2 aromatic rings. The predicted molar refractivity (Wildman–Crippen MR) is 87.6 cm³/mol. The second kappa shape index (κ2) is 6.98. The van der Waals surface area contributed by atoms with Gasteiger partial charge in [0.1, 0.15) is 5.82 Å². The fourth-order valence-corrected chi connectivity index (χ4v) is 2.48. The highest BCUT2D eigenvalue weighted by atomic mass is 35.5. The largest absolute Gasteiger partial charge is 0.454 e. The Morgan fingerprint density at radius 3 is 2.88 bits per heavy atom. The maximum Gasteiger partial charge on any atom is 0.338 e. The topological polar surface area (TPSA) is 73.9 Å². The zero-order valence-electron chi connectivity index (χ0n) is 13.1. The third-order valence-corrected chi connectivity index (χ3v) is 3.75. The number of carbonyl (C=O) groups excluding carboxylic acids is 2. The van der Waals surface area contributed by atoms with Crippen LogP contribution in [-0.2, 0) is 9.53 Å². The number of anilines is 1. The number of amides is 1. The average molecular weight is 366 g/mol. The summed E-state index contributed by atoms with van der Waals surface area (Å²) in [5.41, 5.74) is 1.12. The van der Waals surface area contributed by atoms with Gasteiger partial charge in [-0.2, -0.15) is 0 Å². The summed E-state index contributed by atoms with van der Waals surface area (Å²) in [5, 5.41) is 2.69. The molecule has 25 heavy (non-hydrogen) atoms. The lowest BCUT2D eigenvalue weighted by Crippen LogP contribution is -2.21. The Kier molecular flexibility index (Phi) is 4.76. The highest BCUT2D eigenvalue weighted by Crippen LogP contribution is 2.39. The first-order valence-corrected chi connectivity index (χ1v) is 7.64. The number of fused-ring (bicyclic) bond motifs is 1. The van der Waals surface area contributed by atoms with Crippen molar-refractivity contribution in [2.75, 3.05) is 18.7 Å². The maximum atomic E-state index is 13.2. The number of rotatable bonds is 4. The van der Waals surface area contributed by atoms with Crippen molar-refractivity contribution in [2.45, 2.75) is 6.92 Å². The number of carbonyl (C=O) groups is 2. The summed E-state index contributed by atoms with van der Waals surface area (Å²) < 4.78 is 28.5. The summed E-state index contributed by atoms with van der Waals surface area (Å²) in [6.45, 7) is 1.21. The molecule has 6 nitrogen and oxygen atoms in total. The van der Waals surface area contributed by atoms with Crippen LogP contribution in [0.3, 0.4) is 0 Å². The molecule has 0 spiro atoms. The van der Waals surface area contributed by atoms with Crippen molar-refractivity contribution < 1.29 is 28.2 Å². The quantitative estimate of drug-likeness (QED) is 0.841. The Labute approximate surface area is 147 Å². The molecule has 1 N–H and O–H groups in total. The van der Waals surface area contributed by atoms with Crippen molar-refractivity contribution in [3.8, 4) is 11.5 Å². The minimum Gasteiger partial charge on any atom is -0.454 e. The van der Waals surface area contributed by atoms with E-state index in [1.54, 1.807) is 6.92 Å². The van der Waals surface area contributed by atoms with E-state index in [1.165, 1.54) is 30.3 Å². The summed E-state index contributed by atoms with van der Waals surface area (Å²) in [7, 11) is 0. The van der Waals surface area contributed by atoms with E-state index in [9.17, 15) is 14.0 Å². The van der Waals surface area contributed by atoms with E-state index in [2.05, 4.69) is 5.32 Å². The van der Waals surface area contributed by atoms with E-state index in [0.717, 1.165) is 0 Å². The lowest BCUT2D eigenvalue weighted by Gasteiger charge is -2.09. The van der Waals surface area contributed by atoms with E-state index in [-0.39, 0.29) is 17.4 Å². The molecule has 1 heterocycles. The number of hydrogen-bond acceptors (Lipinski definition) is 5. The lowest BCUT2D eigenvalue weighted by molar-refractivity contribution is -0.119. The third kappa shape index (κ3) is 3.83. The molecule has 8 heteroatoms. The van der Waals surface area contributed by atoms with E-state index in [1.807, 2.05) is 0 Å². The van der Waals surface area contributed by atoms with Gasteiger partial charge >= 0.3 is 5.97 Å². The van der Waals surface area contributed by atoms with Crippen molar-refractivity contribution in [1.29, 1.82) is 0 Å². The highest BCUT2D eigenvalue weighted by Gasteiger charge is 2.21. The van der Waals surface area contributed by atoms with E-state index >= 15 is 0 Å². The van der Waals surface area contributed by atoms with Gasteiger partial charge in [-0.25, -0.2) is 9.18 Å². The fourth-order valence-electron chi connectivity index (χ4n) is 2.21. The molecule has 0 fully saturated rings. The number of nitrogens with one attached hydrogen (secondary N) is 1. The number of aryl methyl sites for hydroxylation is 1. The molecule has 1 aliphatic heterocycles. The Morgan fingerprint density at radius 1 is 1.28 bits per heavy atom. The Hall–Kier alpha value is -2.80. The zero-order valence-corrected chi connectivity index (χ0v) is 13.9. The molecule has 0 saturated carbocycles. The molecule has 1 amide bonds. The SMILES string of the molecule is Cc1ccc(F)cc1NC(=O)COC(=O)c1cc(Cl)c2c(c1)OCO2. The summed E-state index contributed by atoms with van der Waals surface area (Å²) in [6.07, 6.45) is 0. The van der Waals surface area contributed by atoms with Crippen molar-refractivity contribution in [3.05, 3.63) is 52.3 Å². The number of esters is 1. The van der Waals surface area contributed by atoms with Crippen LogP contribution in [0.5, 0.6) is 11.5 Å². The Balaban J connectivity index is 1.61. The molecule has 1 aliphatic rings. The molecule has 0 aromatic heterocycles. The molecule has 130 valence electrons. The first kappa shape index (κ1) is 17.0. The number of ether oxygens (including phenoxy) is 3. The van der Waals surface area contributed by atoms with E-state index in [4.69, 9.17) is 25.8 Å². The van der Waals surface area contributed by atoms with Gasteiger partial charge in [-0.1, -0.05) is 17.7 Å². The Morgan fingerprint density at radius 2 is 2.08 bits per heavy atom. The van der Waals surface area contributed by atoms with Gasteiger partial charge < -0.3 is 19.5 Å². The third-order valence-electron chi connectivity index (χ3n) is 3.47.